The van der Waals surface area contributed by atoms with Crippen LogP contribution >= 0.6 is 0 Å². The smallest absolute Gasteiger partial charge is 0.274 e. The van der Waals surface area contributed by atoms with Gasteiger partial charge in [0.1, 0.15) is 6.17 Å². The lowest BCUT2D eigenvalue weighted by atomic mass is 10.0. The number of benzene rings is 1. The predicted molar refractivity (Wildman–Crippen MR) is 136 cm³/mol. The van der Waals surface area contributed by atoms with Crippen LogP contribution in [0.5, 0.6) is 0 Å². The molecule has 0 N–H and O–H groups in total. The van der Waals surface area contributed by atoms with Gasteiger partial charge in [0.05, 0.1) is 35.6 Å². The van der Waals surface area contributed by atoms with Crippen molar-refractivity contribution in [1.82, 2.24) is 24.5 Å². The molecular formula is C26H34FN5O4S. The summed E-state index contributed by atoms with van der Waals surface area (Å²) in [6.07, 6.45) is 1.78. The summed E-state index contributed by atoms with van der Waals surface area (Å²) < 4.78 is 47.4. The molecule has 3 fully saturated rings. The zero-order valence-electron chi connectivity index (χ0n) is 21.0. The van der Waals surface area contributed by atoms with Gasteiger partial charge < -0.3 is 9.64 Å². The molecule has 37 heavy (non-hydrogen) atoms. The van der Waals surface area contributed by atoms with Crippen LogP contribution < -0.4 is 0 Å². The van der Waals surface area contributed by atoms with Crippen molar-refractivity contribution in [2.75, 3.05) is 65.6 Å². The van der Waals surface area contributed by atoms with E-state index < -0.39 is 16.0 Å². The summed E-state index contributed by atoms with van der Waals surface area (Å²) in [5.74, 6) is -0.448. The number of likely N-dealkylation sites (tertiary alicyclic amines) is 2. The molecular weight excluding hydrogens is 497 g/mol. The Morgan fingerprint density at radius 2 is 1.78 bits per heavy atom. The molecule has 0 bridgehead atoms. The molecule has 3 saturated heterocycles. The fraction of sp³-hybridized carbons (Fsp3) is 0.615. The summed E-state index contributed by atoms with van der Waals surface area (Å²) in [7, 11) is -3.59. The van der Waals surface area contributed by atoms with Crippen molar-refractivity contribution in [2.24, 2.45) is 0 Å². The number of ether oxygens (including phenoxy) is 1. The number of alkyl halides is 1. The molecule has 5 heterocycles. The number of carbonyl (C=O) groups is 1. The molecule has 1 aromatic carbocycles. The Labute approximate surface area is 217 Å². The molecule has 4 aliphatic rings. The van der Waals surface area contributed by atoms with Crippen LogP contribution in [0.4, 0.5) is 4.39 Å². The molecule has 2 atom stereocenters. The number of rotatable bonds is 5. The van der Waals surface area contributed by atoms with Crippen LogP contribution in [0.1, 0.15) is 41.4 Å². The van der Waals surface area contributed by atoms with Crippen molar-refractivity contribution < 1.29 is 22.3 Å². The number of aromatic nitrogens is 2. The predicted octanol–water partition coefficient (Wildman–Crippen LogP) is 1.99. The summed E-state index contributed by atoms with van der Waals surface area (Å²) in [4.78, 5) is 20.2. The Morgan fingerprint density at radius 1 is 1.03 bits per heavy atom. The van der Waals surface area contributed by atoms with Gasteiger partial charge in [-0.1, -0.05) is 18.2 Å². The largest absolute Gasteiger partial charge is 0.378 e. The highest BCUT2D eigenvalue weighted by atomic mass is 32.2. The molecule has 200 valence electrons. The number of hydrogen-bond acceptors (Lipinski definition) is 7. The van der Waals surface area contributed by atoms with E-state index in [1.807, 2.05) is 16.8 Å². The van der Waals surface area contributed by atoms with Crippen molar-refractivity contribution in [3.05, 3.63) is 35.5 Å². The molecule has 0 aliphatic carbocycles. The zero-order chi connectivity index (χ0) is 25.6. The van der Waals surface area contributed by atoms with Gasteiger partial charge in [0.25, 0.3) is 5.91 Å². The van der Waals surface area contributed by atoms with Crippen LogP contribution in [-0.4, -0.2) is 111 Å². The highest BCUT2D eigenvalue weighted by Crippen LogP contribution is 2.41. The highest BCUT2D eigenvalue weighted by Gasteiger charge is 2.39. The molecule has 4 aliphatic heterocycles. The van der Waals surface area contributed by atoms with Crippen molar-refractivity contribution in [3.8, 4) is 11.3 Å². The van der Waals surface area contributed by atoms with E-state index in [1.54, 1.807) is 17.0 Å². The highest BCUT2D eigenvalue weighted by molar-refractivity contribution is 7.90. The van der Waals surface area contributed by atoms with E-state index in [9.17, 15) is 17.6 Å². The normalized spacial score (nSPS) is 26.1. The minimum Gasteiger partial charge on any atom is -0.378 e. The second-order valence-electron chi connectivity index (χ2n) is 10.6. The van der Waals surface area contributed by atoms with E-state index in [-0.39, 0.29) is 23.4 Å². The SMILES string of the molecule is O=C(c1nn([C@H]2CCCN(CCN3CCC(F)C3)C2)c2c1CS(=O)(=O)c1ccccc1-2)N1CCOCC1. The van der Waals surface area contributed by atoms with Gasteiger partial charge in [-0.25, -0.2) is 12.8 Å². The van der Waals surface area contributed by atoms with Gasteiger partial charge in [0.15, 0.2) is 15.5 Å². The Hall–Kier alpha value is -2.34. The Bertz CT molecular complexity index is 1280. The first-order valence-electron chi connectivity index (χ1n) is 13.3. The fourth-order valence-corrected chi connectivity index (χ4v) is 7.74. The van der Waals surface area contributed by atoms with Crippen LogP contribution in [-0.2, 0) is 20.3 Å². The fourth-order valence-electron chi connectivity index (χ4n) is 6.15. The summed E-state index contributed by atoms with van der Waals surface area (Å²) in [5, 5.41) is 4.87. The van der Waals surface area contributed by atoms with Gasteiger partial charge in [0, 0.05) is 56.9 Å². The molecule has 0 saturated carbocycles. The molecule has 1 unspecified atom stereocenters. The Kier molecular flexibility index (Phi) is 6.81. The first-order valence-corrected chi connectivity index (χ1v) is 15.0. The summed E-state index contributed by atoms with van der Waals surface area (Å²) >= 11 is 0. The topological polar surface area (TPSA) is 88.0 Å². The number of amides is 1. The third kappa shape index (κ3) is 4.82. The maximum atomic E-state index is 13.6. The Balaban J connectivity index is 1.33. The second-order valence-corrected chi connectivity index (χ2v) is 12.5. The van der Waals surface area contributed by atoms with Crippen LogP contribution in [0.2, 0.25) is 0 Å². The lowest BCUT2D eigenvalue weighted by Crippen LogP contribution is -2.42. The molecule has 2 aromatic rings. The first kappa shape index (κ1) is 25.0. The number of hydrogen-bond donors (Lipinski definition) is 0. The third-order valence-corrected chi connectivity index (χ3v) is 9.79. The summed E-state index contributed by atoms with van der Waals surface area (Å²) in [6.45, 7) is 6.63. The molecule has 0 spiro atoms. The monoisotopic (exact) mass is 531 g/mol. The van der Waals surface area contributed by atoms with E-state index in [1.165, 1.54) is 0 Å². The van der Waals surface area contributed by atoms with Crippen molar-refractivity contribution >= 4 is 15.7 Å². The number of sulfone groups is 1. The Morgan fingerprint density at radius 3 is 2.54 bits per heavy atom. The number of fused-ring (bicyclic) bond motifs is 3. The number of piperidine rings is 1. The molecule has 1 amide bonds. The lowest BCUT2D eigenvalue weighted by molar-refractivity contribution is 0.0297. The average molecular weight is 532 g/mol. The second kappa shape index (κ2) is 10.1. The lowest BCUT2D eigenvalue weighted by Gasteiger charge is -2.35. The maximum Gasteiger partial charge on any atom is 0.274 e. The standard InChI is InChI=1S/C26H34FN5O4S/c27-19-7-9-30(16-19)11-10-29-8-3-4-20(17-29)32-25-21-5-1-2-6-23(21)37(34,35)18-22(25)24(28-32)26(33)31-12-14-36-15-13-31/h1-2,5-6,19-20H,3-4,7-18H2/t19?,20-/m0/s1. The van der Waals surface area contributed by atoms with Gasteiger partial charge in [0.2, 0.25) is 0 Å². The molecule has 1 aromatic heterocycles. The average Bonchev–Trinajstić information content (AvgIpc) is 3.51. The van der Waals surface area contributed by atoms with Crippen LogP contribution in [0.15, 0.2) is 29.2 Å². The molecule has 11 heteroatoms. The van der Waals surface area contributed by atoms with Crippen LogP contribution in [0, 0.1) is 0 Å². The number of carbonyl (C=O) groups excluding carboxylic acids is 1. The van der Waals surface area contributed by atoms with E-state index in [0.29, 0.717) is 55.3 Å². The minimum absolute atomic E-state index is 0.0232. The van der Waals surface area contributed by atoms with Gasteiger partial charge >= 0.3 is 0 Å². The third-order valence-electron chi connectivity index (χ3n) is 8.09. The summed E-state index contributed by atoms with van der Waals surface area (Å²) in [6, 6.07) is 7.08. The zero-order valence-corrected chi connectivity index (χ0v) is 21.8. The quantitative estimate of drug-likeness (QED) is 0.583. The van der Waals surface area contributed by atoms with E-state index in [0.717, 1.165) is 51.3 Å². The van der Waals surface area contributed by atoms with Gasteiger partial charge in [-0.05, 0) is 31.9 Å². The van der Waals surface area contributed by atoms with Crippen molar-refractivity contribution in [3.63, 3.8) is 0 Å². The number of nitrogens with zero attached hydrogens (tertiary/aromatic N) is 5. The number of halogens is 1. The van der Waals surface area contributed by atoms with E-state index >= 15 is 0 Å². The first-order chi connectivity index (χ1) is 17.9. The maximum absolute atomic E-state index is 13.6. The molecule has 6 rings (SSSR count). The van der Waals surface area contributed by atoms with E-state index in [2.05, 4.69) is 9.80 Å². The van der Waals surface area contributed by atoms with Gasteiger partial charge in [-0.2, -0.15) is 5.10 Å². The van der Waals surface area contributed by atoms with Crippen LogP contribution in [0.3, 0.4) is 0 Å². The molecule has 9 nitrogen and oxygen atoms in total. The van der Waals surface area contributed by atoms with Crippen LogP contribution in [0.25, 0.3) is 11.3 Å². The van der Waals surface area contributed by atoms with Crippen molar-refractivity contribution in [1.29, 1.82) is 0 Å². The number of morpholine rings is 1. The van der Waals surface area contributed by atoms with Gasteiger partial charge in [-0.3, -0.25) is 19.3 Å². The molecule has 0 radical (unpaired) electrons. The van der Waals surface area contributed by atoms with Crippen molar-refractivity contribution in [2.45, 2.75) is 42.1 Å². The van der Waals surface area contributed by atoms with E-state index in [4.69, 9.17) is 9.84 Å². The minimum atomic E-state index is -3.59. The van der Waals surface area contributed by atoms with Gasteiger partial charge in [-0.15, -0.1) is 0 Å². The summed E-state index contributed by atoms with van der Waals surface area (Å²) in [5.41, 5.74) is 2.14.